The van der Waals surface area contributed by atoms with Crippen LogP contribution in [0, 0.1) is 17.8 Å². The molecule has 2 N–H and O–H groups in total. The van der Waals surface area contributed by atoms with Crippen molar-refractivity contribution in [2.45, 2.75) is 87.7 Å². The predicted octanol–water partition coefficient (Wildman–Crippen LogP) is 3.96. The van der Waals surface area contributed by atoms with Gasteiger partial charge in [-0.2, -0.15) is 0 Å². The molecule has 4 nitrogen and oxygen atoms in total. The van der Waals surface area contributed by atoms with Gasteiger partial charge in [-0.05, 0) is 80.2 Å². The summed E-state index contributed by atoms with van der Waals surface area (Å²) in [5, 5.41) is 22.8. The lowest BCUT2D eigenvalue weighted by Crippen LogP contribution is -2.74. The first-order chi connectivity index (χ1) is 14.5. The number of nitrogens with zero attached hydrogens (tertiary/aromatic N) is 1. The number of piperidine rings is 1. The molecule has 4 aliphatic carbocycles. The van der Waals surface area contributed by atoms with Crippen molar-refractivity contribution in [2.24, 2.45) is 17.8 Å². The Morgan fingerprint density at radius 3 is 2.67 bits per heavy atom. The van der Waals surface area contributed by atoms with Crippen molar-refractivity contribution < 1.29 is 15.0 Å². The Morgan fingerprint density at radius 2 is 1.90 bits per heavy atom. The van der Waals surface area contributed by atoms with Crippen LogP contribution in [-0.4, -0.2) is 45.6 Å². The van der Waals surface area contributed by atoms with E-state index in [0.717, 1.165) is 43.8 Å². The number of phenolic OH excluding ortho intramolecular Hbond substituents is 1. The number of ketones is 1. The van der Waals surface area contributed by atoms with Crippen molar-refractivity contribution in [3.8, 4) is 5.75 Å². The van der Waals surface area contributed by atoms with Gasteiger partial charge >= 0.3 is 0 Å². The van der Waals surface area contributed by atoms with Crippen LogP contribution in [0.1, 0.15) is 75.3 Å². The zero-order chi connectivity index (χ0) is 20.5. The van der Waals surface area contributed by atoms with Gasteiger partial charge in [-0.25, -0.2) is 0 Å². The molecule has 0 aromatic heterocycles. The quantitative estimate of drug-likeness (QED) is 0.790. The molecule has 5 aliphatic rings. The van der Waals surface area contributed by atoms with E-state index in [1.54, 1.807) is 6.07 Å². The molecule has 6 rings (SSSR count). The molecule has 4 unspecified atom stereocenters. The Kier molecular flexibility index (Phi) is 4.38. The van der Waals surface area contributed by atoms with Gasteiger partial charge in [-0.15, -0.1) is 0 Å². The molecule has 30 heavy (non-hydrogen) atoms. The third-order valence-corrected chi connectivity index (χ3v) is 9.44. The van der Waals surface area contributed by atoms with Crippen LogP contribution in [0.5, 0.6) is 5.75 Å². The van der Waals surface area contributed by atoms with Gasteiger partial charge in [0.2, 0.25) is 0 Å². The monoisotopic (exact) mass is 409 g/mol. The Labute approximate surface area is 179 Å². The van der Waals surface area contributed by atoms with E-state index in [2.05, 4.69) is 4.90 Å². The molecule has 1 heterocycles. The average molecular weight is 410 g/mol. The Hall–Kier alpha value is -1.39. The van der Waals surface area contributed by atoms with Crippen molar-refractivity contribution in [1.82, 2.24) is 4.90 Å². The smallest absolute Gasteiger partial charge is 0.137 e. The Balaban J connectivity index is 1.40. The van der Waals surface area contributed by atoms with Crippen molar-refractivity contribution in [3.05, 3.63) is 29.3 Å². The lowest BCUT2D eigenvalue weighted by atomic mass is 9.47. The molecule has 3 saturated carbocycles. The summed E-state index contributed by atoms with van der Waals surface area (Å²) in [4.78, 5) is 16.0. The molecular weight excluding hydrogens is 374 g/mol. The van der Waals surface area contributed by atoms with Crippen molar-refractivity contribution >= 4 is 5.78 Å². The zero-order valence-electron chi connectivity index (χ0n) is 18.0. The first kappa shape index (κ1) is 19.3. The number of carbonyl (C=O) groups is 1. The molecule has 0 spiro atoms. The largest absolute Gasteiger partial charge is 0.508 e. The standard InChI is InChI=1S/C26H35NO3/c28-21-8-7-19-12-24-26(30)14-20(11-17-3-1-2-4-17)23(29)15-25(26,22(19)13-21)9-10-27(24)16-18-5-6-18/h7-8,13,17-18,20,24,28,30H,1-6,9-12,14-16H2. The van der Waals surface area contributed by atoms with Crippen molar-refractivity contribution in [1.29, 1.82) is 0 Å². The number of hydrogen-bond acceptors (Lipinski definition) is 4. The summed E-state index contributed by atoms with van der Waals surface area (Å²) in [5.41, 5.74) is 0.899. The molecule has 0 radical (unpaired) electrons. The van der Waals surface area contributed by atoms with Crippen LogP contribution < -0.4 is 0 Å². The molecule has 1 aromatic carbocycles. The molecule has 4 heteroatoms. The first-order valence-electron chi connectivity index (χ1n) is 12.3. The van der Waals surface area contributed by atoms with Crippen molar-refractivity contribution in [2.75, 3.05) is 13.1 Å². The van der Waals surface area contributed by atoms with E-state index in [1.165, 1.54) is 44.1 Å². The highest BCUT2D eigenvalue weighted by Gasteiger charge is 2.66. The normalized spacial score (nSPS) is 39.0. The SMILES string of the molecule is O=C1CC23CCN(CC4CC4)C(Cc4ccc(O)cc42)C3(O)CC1CC1CCCC1. The molecular formula is C26H35NO3. The number of likely N-dealkylation sites (tertiary alicyclic amines) is 1. The maximum Gasteiger partial charge on any atom is 0.137 e. The number of carbonyl (C=O) groups excluding carboxylic acids is 1. The third kappa shape index (κ3) is 2.82. The number of aromatic hydroxyl groups is 1. The van der Waals surface area contributed by atoms with Gasteiger partial charge in [-0.3, -0.25) is 9.69 Å². The fourth-order valence-corrected chi connectivity index (χ4v) is 7.70. The van der Waals surface area contributed by atoms with Crippen molar-refractivity contribution in [3.63, 3.8) is 0 Å². The van der Waals surface area contributed by atoms with Gasteiger partial charge in [0.05, 0.1) is 5.60 Å². The van der Waals surface area contributed by atoms with E-state index in [-0.39, 0.29) is 17.7 Å². The minimum Gasteiger partial charge on any atom is -0.508 e. The number of hydrogen-bond donors (Lipinski definition) is 2. The van der Waals surface area contributed by atoms with Crippen LogP contribution in [-0.2, 0) is 16.6 Å². The van der Waals surface area contributed by atoms with Crippen LogP contribution in [0.25, 0.3) is 0 Å². The van der Waals surface area contributed by atoms with Crippen LogP contribution in [0.3, 0.4) is 0 Å². The van der Waals surface area contributed by atoms with Gasteiger partial charge in [0, 0.05) is 30.3 Å². The van der Waals surface area contributed by atoms with Gasteiger partial charge in [0.25, 0.3) is 0 Å². The summed E-state index contributed by atoms with van der Waals surface area (Å²) in [7, 11) is 0. The minimum atomic E-state index is -0.863. The fraction of sp³-hybridized carbons (Fsp3) is 0.731. The van der Waals surface area contributed by atoms with E-state index < -0.39 is 11.0 Å². The molecule has 162 valence electrons. The maximum absolute atomic E-state index is 13.5. The highest BCUT2D eigenvalue weighted by Crippen LogP contribution is 2.59. The second kappa shape index (κ2) is 6.80. The summed E-state index contributed by atoms with van der Waals surface area (Å²) in [5.74, 6) is 2.08. The summed E-state index contributed by atoms with van der Waals surface area (Å²) < 4.78 is 0. The lowest BCUT2D eigenvalue weighted by Gasteiger charge is -2.64. The van der Waals surface area contributed by atoms with Crippen LogP contribution in [0.4, 0.5) is 0 Å². The van der Waals surface area contributed by atoms with Crippen LogP contribution in [0.15, 0.2) is 18.2 Å². The van der Waals surface area contributed by atoms with E-state index in [1.807, 2.05) is 12.1 Å². The van der Waals surface area contributed by atoms with E-state index in [0.29, 0.717) is 24.5 Å². The minimum absolute atomic E-state index is 0.00783. The van der Waals surface area contributed by atoms with Crippen LogP contribution >= 0.6 is 0 Å². The third-order valence-electron chi connectivity index (χ3n) is 9.44. The highest BCUT2D eigenvalue weighted by molar-refractivity contribution is 5.85. The molecule has 1 aliphatic heterocycles. The number of aliphatic hydroxyl groups is 1. The number of Topliss-reactive ketones (excluding diaryl/α,β-unsaturated/α-hetero) is 1. The van der Waals surface area contributed by atoms with Gasteiger partial charge in [-0.1, -0.05) is 31.7 Å². The van der Waals surface area contributed by atoms with Gasteiger partial charge in [0.15, 0.2) is 0 Å². The number of phenols is 1. The molecule has 2 bridgehead atoms. The number of benzene rings is 1. The molecule has 0 amide bonds. The Bertz CT molecular complexity index is 858. The maximum atomic E-state index is 13.5. The fourth-order valence-electron chi connectivity index (χ4n) is 7.70. The predicted molar refractivity (Wildman–Crippen MR) is 115 cm³/mol. The summed E-state index contributed by atoms with van der Waals surface area (Å²) in [6.45, 7) is 2.05. The zero-order valence-corrected chi connectivity index (χ0v) is 18.0. The lowest BCUT2D eigenvalue weighted by molar-refractivity contribution is -0.183. The molecule has 1 aromatic rings. The van der Waals surface area contributed by atoms with E-state index >= 15 is 0 Å². The summed E-state index contributed by atoms with van der Waals surface area (Å²) in [6, 6.07) is 5.77. The highest BCUT2D eigenvalue weighted by atomic mass is 16.3. The molecule has 4 atom stereocenters. The second-order valence-electron chi connectivity index (χ2n) is 11.2. The van der Waals surface area contributed by atoms with E-state index in [9.17, 15) is 15.0 Å². The van der Waals surface area contributed by atoms with Gasteiger partial charge in [0.1, 0.15) is 11.5 Å². The number of rotatable bonds is 4. The van der Waals surface area contributed by atoms with Gasteiger partial charge < -0.3 is 10.2 Å². The van der Waals surface area contributed by atoms with Crippen LogP contribution in [0.2, 0.25) is 0 Å². The van der Waals surface area contributed by atoms with E-state index in [4.69, 9.17) is 0 Å². The summed E-state index contributed by atoms with van der Waals surface area (Å²) in [6.07, 6.45) is 11.4. The molecule has 4 fully saturated rings. The Morgan fingerprint density at radius 1 is 1.10 bits per heavy atom. The average Bonchev–Trinajstić information content (AvgIpc) is 3.38. The summed E-state index contributed by atoms with van der Waals surface area (Å²) >= 11 is 0. The first-order valence-corrected chi connectivity index (χ1v) is 12.3. The molecule has 1 saturated heterocycles. The second-order valence-corrected chi connectivity index (χ2v) is 11.2. The number of fused-ring (bicyclic) bond motifs is 1. The topological polar surface area (TPSA) is 60.8 Å².